The summed E-state index contributed by atoms with van der Waals surface area (Å²) in [6, 6.07) is 20.1. The third-order valence-electron chi connectivity index (χ3n) is 5.80. The van der Waals surface area contributed by atoms with Gasteiger partial charge in [-0.2, -0.15) is 0 Å². The zero-order chi connectivity index (χ0) is 22.7. The smallest absolute Gasteiger partial charge is 0.252 e. The summed E-state index contributed by atoms with van der Waals surface area (Å²) in [6.07, 6.45) is 1.23. The van der Waals surface area contributed by atoms with Crippen molar-refractivity contribution in [2.75, 3.05) is 21.3 Å². The van der Waals surface area contributed by atoms with Crippen LogP contribution in [0.15, 0.2) is 65.5 Å². The fraction of sp³-hybridized carbons (Fsp3) is 0.222. The van der Waals surface area contributed by atoms with Gasteiger partial charge < -0.3 is 19.2 Å². The number of nitrogens with one attached hydrogen (secondary N) is 1. The van der Waals surface area contributed by atoms with Gasteiger partial charge in [0.25, 0.3) is 5.56 Å². The average molecular weight is 430 g/mol. The first kappa shape index (κ1) is 21.5. The summed E-state index contributed by atoms with van der Waals surface area (Å²) in [5.41, 5.74) is 4.78. The Bertz CT molecular complexity index is 1310. The van der Waals surface area contributed by atoms with Gasteiger partial charge in [-0.05, 0) is 52.8 Å². The first-order valence-electron chi connectivity index (χ1n) is 10.6. The van der Waals surface area contributed by atoms with Gasteiger partial charge in [-0.1, -0.05) is 43.3 Å². The second-order valence-corrected chi connectivity index (χ2v) is 7.62. The number of aromatic amines is 1. The zero-order valence-electron chi connectivity index (χ0n) is 18.8. The molecular weight excluding hydrogens is 402 g/mol. The number of ether oxygens (including phenoxy) is 3. The van der Waals surface area contributed by atoms with E-state index in [9.17, 15) is 4.79 Å². The molecule has 0 saturated heterocycles. The molecule has 1 N–H and O–H groups in total. The molecule has 0 aliphatic heterocycles. The Balaban J connectivity index is 1.80. The summed E-state index contributed by atoms with van der Waals surface area (Å²) in [4.78, 5) is 16.1. The maximum atomic E-state index is 13.1. The van der Waals surface area contributed by atoms with Crippen molar-refractivity contribution in [1.82, 2.24) is 4.98 Å². The number of H-pyrrole nitrogens is 1. The molecule has 4 aromatic rings. The summed E-state index contributed by atoms with van der Waals surface area (Å²) in [5, 5.41) is 1.86. The van der Waals surface area contributed by atoms with Gasteiger partial charge in [-0.25, -0.2) is 0 Å². The van der Waals surface area contributed by atoms with Gasteiger partial charge in [0.05, 0.1) is 21.3 Å². The molecule has 0 radical (unpaired) electrons. The molecule has 32 heavy (non-hydrogen) atoms. The Morgan fingerprint density at radius 2 is 1.47 bits per heavy atom. The molecule has 0 aliphatic rings. The van der Waals surface area contributed by atoms with Crippen LogP contribution in [0.1, 0.15) is 23.7 Å². The number of aromatic nitrogens is 1. The van der Waals surface area contributed by atoms with Crippen LogP contribution in [-0.4, -0.2) is 26.3 Å². The molecule has 0 spiro atoms. The Morgan fingerprint density at radius 3 is 2.09 bits per heavy atom. The van der Waals surface area contributed by atoms with Crippen LogP contribution < -0.4 is 19.8 Å². The number of pyridine rings is 1. The molecule has 1 heterocycles. The van der Waals surface area contributed by atoms with Crippen LogP contribution in [-0.2, 0) is 12.8 Å². The lowest BCUT2D eigenvalue weighted by Crippen LogP contribution is -2.16. The molecule has 0 fully saturated rings. The molecule has 0 unspecified atom stereocenters. The Kier molecular flexibility index (Phi) is 6.17. The Morgan fingerprint density at radius 1 is 0.781 bits per heavy atom. The van der Waals surface area contributed by atoms with E-state index >= 15 is 0 Å². The number of rotatable bonds is 7. The molecule has 4 rings (SSSR count). The van der Waals surface area contributed by atoms with Gasteiger partial charge in [0.2, 0.25) is 0 Å². The predicted octanol–water partition coefficient (Wildman–Crippen LogP) is 5.37. The van der Waals surface area contributed by atoms with Crippen LogP contribution in [0.4, 0.5) is 0 Å². The molecular formula is C27H27NO4. The van der Waals surface area contributed by atoms with E-state index in [1.54, 1.807) is 21.3 Å². The highest BCUT2D eigenvalue weighted by Gasteiger charge is 2.16. The topological polar surface area (TPSA) is 60.6 Å². The van der Waals surface area contributed by atoms with Crippen molar-refractivity contribution in [2.45, 2.75) is 19.8 Å². The number of methoxy groups -OCH3 is 3. The lowest BCUT2D eigenvalue weighted by atomic mass is 9.95. The minimum atomic E-state index is -0.0728. The van der Waals surface area contributed by atoms with E-state index in [0.717, 1.165) is 38.9 Å². The van der Waals surface area contributed by atoms with E-state index in [-0.39, 0.29) is 5.56 Å². The lowest BCUT2D eigenvalue weighted by Gasteiger charge is -2.14. The summed E-state index contributed by atoms with van der Waals surface area (Å²) in [6.45, 7) is 2.03. The van der Waals surface area contributed by atoms with Gasteiger partial charge in [-0.15, -0.1) is 0 Å². The third-order valence-corrected chi connectivity index (χ3v) is 5.80. The summed E-state index contributed by atoms with van der Waals surface area (Å²) in [5.74, 6) is 2.08. The second kappa shape index (κ2) is 9.18. The van der Waals surface area contributed by atoms with Crippen LogP contribution in [0.25, 0.3) is 21.9 Å². The Labute approximate surface area is 187 Å². The van der Waals surface area contributed by atoms with Crippen molar-refractivity contribution in [3.05, 3.63) is 87.8 Å². The van der Waals surface area contributed by atoms with Gasteiger partial charge in [0, 0.05) is 23.1 Å². The molecule has 0 amide bonds. The van der Waals surface area contributed by atoms with E-state index in [2.05, 4.69) is 17.1 Å². The minimum absolute atomic E-state index is 0.0728. The van der Waals surface area contributed by atoms with E-state index < -0.39 is 0 Å². The fourth-order valence-corrected chi connectivity index (χ4v) is 4.08. The highest BCUT2D eigenvalue weighted by molar-refractivity contribution is 5.91. The highest BCUT2D eigenvalue weighted by atomic mass is 16.5. The predicted molar refractivity (Wildman–Crippen MR) is 128 cm³/mol. The van der Waals surface area contributed by atoms with Crippen LogP contribution in [0.3, 0.4) is 0 Å². The first-order chi connectivity index (χ1) is 15.6. The van der Waals surface area contributed by atoms with Gasteiger partial charge in [0.15, 0.2) is 11.5 Å². The molecule has 3 aromatic carbocycles. The zero-order valence-corrected chi connectivity index (χ0v) is 18.8. The van der Waals surface area contributed by atoms with Crippen molar-refractivity contribution in [3.63, 3.8) is 0 Å². The molecule has 0 aliphatic carbocycles. The number of hydrogen-bond donors (Lipinski definition) is 1. The van der Waals surface area contributed by atoms with Gasteiger partial charge in [0.1, 0.15) is 5.75 Å². The normalized spacial score (nSPS) is 10.9. The molecule has 5 heteroatoms. The largest absolute Gasteiger partial charge is 0.497 e. The van der Waals surface area contributed by atoms with Crippen molar-refractivity contribution in [1.29, 1.82) is 0 Å². The molecule has 1 aromatic heterocycles. The standard InChI is InChI=1S/C27H27NO4/c1-5-24-22-16-26(32-4)25(31-3)15-21(22)23(27(29)28-24)14-17-7-6-8-19(13-17)18-9-11-20(30-2)12-10-18/h6-13,15-16H,5,14H2,1-4H3,(H,28,29). The summed E-state index contributed by atoms with van der Waals surface area (Å²) >= 11 is 0. The Hall–Kier alpha value is -3.73. The summed E-state index contributed by atoms with van der Waals surface area (Å²) < 4.78 is 16.3. The number of fused-ring (bicyclic) bond motifs is 1. The van der Waals surface area contributed by atoms with Gasteiger partial charge in [-0.3, -0.25) is 4.79 Å². The highest BCUT2D eigenvalue weighted by Crippen LogP contribution is 2.35. The van der Waals surface area contributed by atoms with Crippen LogP contribution >= 0.6 is 0 Å². The molecule has 164 valence electrons. The maximum Gasteiger partial charge on any atom is 0.252 e. The van der Waals surface area contributed by atoms with Crippen molar-refractivity contribution >= 4 is 10.8 Å². The van der Waals surface area contributed by atoms with Crippen molar-refractivity contribution < 1.29 is 14.2 Å². The SMILES string of the molecule is CCc1[nH]c(=O)c(Cc2cccc(-c3ccc(OC)cc3)c2)c2cc(OC)c(OC)cc12. The second-order valence-electron chi connectivity index (χ2n) is 7.62. The minimum Gasteiger partial charge on any atom is -0.497 e. The number of benzene rings is 3. The van der Waals surface area contributed by atoms with E-state index in [4.69, 9.17) is 14.2 Å². The van der Waals surface area contributed by atoms with E-state index in [1.807, 2.05) is 55.5 Å². The lowest BCUT2D eigenvalue weighted by molar-refractivity contribution is 0.356. The van der Waals surface area contributed by atoms with Crippen molar-refractivity contribution in [2.24, 2.45) is 0 Å². The first-order valence-corrected chi connectivity index (χ1v) is 10.6. The molecule has 5 nitrogen and oxygen atoms in total. The molecule has 0 saturated carbocycles. The fourth-order valence-electron chi connectivity index (χ4n) is 4.08. The van der Waals surface area contributed by atoms with Crippen LogP contribution in [0, 0.1) is 0 Å². The number of hydrogen-bond acceptors (Lipinski definition) is 4. The summed E-state index contributed by atoms with van der Waals surface area (Å²) in [7, 11) is 4.88. The van der Waals surface area contributed by atoms with E-state index in [0.29, 0.717) is 29.9 Å². The van der Waals surface area contributed by atoms with Gasteiger partial charge >= 0.3 is 0 Å². The van der Waals surface area contributed by atoms with Crippen LogP contribution in [0.2, 0.25) is 0 Å². The average Bonchev–Trinajstić information content (AvgIpc) is 2.84. The molecule has 0 bridgehead atoms. The molecule has 0 atom stereocenters. The van der Waals surface area contributed by atoms with E-state index in [1.165, 1.54) is 0 Å². The van der Waals surface area contributed by atoms with Crippen LogP contribution in [0.5, 0.6) is 17.2 Å². The quantitative estimate of drug-likeness (QED) is 0.429. The monoisotopic (exact) mass is 429 g/mol. The maximum absolute atomic E-state index is 13.1. The number of aryl methyl sites for hydroxylation is 1. The third kappa shape index (κ3) is 4.06. The van der Waals surface area contributed by atoms with Crippen molar-refractivity contribution in [3.8, 4) is 28.4 Å².